The standard InChI is InChI=1S/C12H16N2O2/c1-9-4-2-3-5-11(9)14-10(8-13)6-7-16-12(14)15/h2-5,10H,6-8,13H2,1H3. The van der Waals surface area contributed by atoms with E-state index in [9.17, 15) is 4.79 Å². The zero-order valence-electron chi connectivity index (χ0n) is 9.35. The molecule has 0 saturated carbocycles. The Morgan fingerprint density at radius 2 is 2.25 bits per heavy atom. The molecular formula is C12H16N2O2. The average Bonchev–Trinajstić information content (AvgIpc) is 2.30. The molecule has 1 amide bonds. The predicted molar refractivity (Wildman–Crippen MR) is 62.5 cm³/mol. The van der Waals surface area contributed by atoms with Gasteiger partial charge in [-0.2, -0.15) is 0 Å². The molecule has 0 radical (unpaired) electrons. The maximum atomic E-state index is 11.8. The molecule has 1 heterocycles. The van der Waals surface area contributed by atoms with Crippen molar-refractivity contribution < 1.29 is 9.53 Å². The number of amides is 1. The van der Waals surface area contributed by atoms with Crippen LogP contribution in [0.25, 0.3) is 0 Å². The first-order valence-corrected chi connectivity index (χ1v) is 5.45. The lowest BCUT2D eigenvalue weighted by molar-refractivity contribution is 0.130. The second-order valence-electron chi connectivity index (χ2n) is 3.95. The first-order chi connectivity index (χ1) is 7.74. The molecule has 1 aromatic carbocycles. The Hall–Kier alpha value is -1.55. The van der Waals surface area contributed by atoms with Crippen LogP contribution in [0.4, 0.5) is 10.5 Å². The van der Waals surface area contributed by atoms with E-state index in [1.54, 1.807) is 4.90 Å². The van der Waals surface area contributed by atoms with Gasteiger partial charge in [-0.05, 0) is 18.6 Å². The molecule has 0 aromatic heterocycles. The van der Waals surface area contributed by atoms with E-state index >= 15 is 0 Å². The van der Waals surface area contributed by atoms with E-state index in [2.05, 4.69) is 0 Å². The molecule has 86 valence electrons. The SMILES string of the molecule is Cc1ccccc1N1C(=O)OCCC1CN. The number of carbonyl (C=O) groups excluding carboxylic acids is 1. The van der Waals surface area contributed by atoms with Crippen molar-refractivity contribution in [3.05, 3.63) is 29.8 Å². The van der Waals surface area contributed by atoms with Crippen LogP contribution in [0.2, 0.25) is 0 Å². The first-order valence-electron chi connectivity index (χ1n) is 5.45. The Kier molecular flexibility index (Phi) is 3.10. The van der Waals surface area contributed by atoms with Gasteiger partial charge >= 0.3 is 6.09 Å². The maximum absolute atomic E-state index is 11.8. The molecule has 16 heavy (non-hydrogen) atoms. The summed E-state index contributed by atoms with van der Waals surface area (Å²) in [4.78, 5) is 13.4. The number of benzene rings is 1. The summed E-state index contributed by atoms with van der Waals surface area (Å²) in [7, 11) is 0. The summed E-state index contributed by atoms with van der Waals surface area (Å²) < 4.78 is 5.06. The van der Waals surface area contributed by atoms with Crippen LogP contribution in [0.15, 0.2) is 24.3 Å². The smallest absolute Gasteiger partial charge is 0.414 e. The van der Waals surface area contributed by atoms with Gasteiger partial charge < -0.3 is 10.5 Å². The van der Waals surface area contributed by atoms with Gasteiger partial charge in [-0.25, -0.2) is 4.79 Å². The Labute approximate surface area is 95.0 Å². The van der Waals surface area contributed by atoms with E-state index in [1.807, 2.05) is 31.2 Å². The average molecular weight is 220 g/mol. The molecule has 1 aromatic rings. The van der Waals surface area contributed by atoms with Crippen LogP contribution in [0, 0.1) is 6.92 Å². The summed E-state index contributed by atoms with van der Waals surface area (Å²) in [5.74, 6) is 0. The fourth-order valence-corrected chi connectivity index (χ4v) is 1.98. The number of nitrogens with two attached hydrogens (primary N) is 1. The molecule has 1 unspecified atom stereocenters. The van der Waals surface area contributed by atoms with E-state index in [0.29, 0.717) is 13.2 Å². The van der Waals surface area contributed by atoms with Gasteiger partial charge in [0.2, 0.25) is 0 Å². The molecule has 0 bridgehead atoms. The number of para-hydroxylation sites is 1. The quantitative estimate of drug-likeness (QED) is 0.824. The number of hydrogen-bond donors (Lipinski definition) is 1. The van der Waals surface area contributed by atoms with Crippen molar-refractivity contribution in [2.24, 2.45) is 5.73 Å². The molecule has 2 rings (SSSR count). The molecule has 1 aliphatic rings. The Morgan fingerprint density at radius 3 is 2.94 bits per heavy atom. The number of aryl methyl sites for hydroxylation is 1. The lowest BCUT2D eigenvalue weighted by Gasteiger charge is -2.35. The van der Waals surface area contributed by atoms with Gasteiger partial charge in [-0.3, -0.25) is 4.90 Å². The highest BCUT2D eigenvalue weighted by Gasteiger charge is 2.30. The van der Waals surface area contributed by atoms with Crippen LogP contribution in [-0.2, 0) is 4.74 Å². The van der Waals surface area contributed by atoms with E-state index in [1.165, 1.54) is 0 Å². The zero-order chi connectivity index (χ0) is 11.5. The molecule has 1 saturated heterocycles. The molecule has 4 heteroatoms. The second kappa shape index (κ2) is 4.53. The summed E-state index contributed by atoms with van der Waals surface area (Å²) in [5.41, 5.74) is 7.64. The highest BCUT2D eigenvalue weighted by molar-refractivity contribution is 5.90. The van der Waals surface area contributed by atoms with Crippen LogP contribution >= 0.6 is 0 Å². The van der Waals surface area contributed by atoms with Crippen LogP contribution in [0.3, 0.4) is 0 Å². The molecular weight excluding hydrogens is 204 g/mol. The van der Waals surface area contributed by atoms with Crippen molar-refractivity contribution in [2.75, 3.05) is 18.1 Å². The van der Waals surface area contributed by atoms with E-state index in [4.69, 9.17) is 10.5 Å². The zero-order valence-corrected chi connectivity index (χ0v) is 9.35. The van der Waals surface area contributed by atoms with Crippen LogP contribution in [0.5, 0.6) is 0 Å². The number of hydrogen-bond acceptors (Lipinski definition) is 3. The normalized spacial score (nSPS) is 20.8. The van der Waals surface area contributed by atoms with E-state index < -0.39 is 0 Å². The summed E-state index contributed by atoms with van der Waals surface area (Å²) in [6, 6.07) is 7.81. The van der Waals surface area contributed by atoms with Crippen molar-refractivity contribution in [1.82, 2.24) is 0 Å². The van der Waals surface area contributed by atoms with Crippen molar-refractivity contribution in [2.45, 2.75) is 19.4 Å². The van der Waals surface area contributed by atoms with Crippen molar-refractivity contribution in [3.8, 4) is 0 Å². The highest BCUT2D eigenvalue weighted by Crippen LogP contribution is 2.25. The van der Waals surface area contributed by atoms with Crippen LogP contribution in [0.1, 0.15) is 12.0 Å². The van der Waals surface area contributed by atoms with Gasteiger partial charge in [0.1, 0.15) is 0 Å². The van der Waals surface area contributed by atoms with Gasteiger partial charge in [-0.1, -0.05) is 18.2 Å². The largest absolute Gasteiger partial charge is 0.449 e. The minimum atomic E-state index is -0.295. The second-order valence-corrected chi connectivity index (χ2v) is 3.95. The number of anilines is 1. The third-order valence-electron chi connectivity index (χ3n) is 2.89. The topological polar surface area (TPSA) is 55.6 Å². The fraction of sp³-hybridized carbons (Fsp3) is 0.417. The molecule has 1 aliphatic heterocycles. The summed E-state index contributed by atoms with van der Waals surface area (Å²) in [6.07, 6.45) is 0.493. The first kappa shape index (κ1) is 11.0. The number of cyclic esters (lactones) is 1. The minimum Gasteiger partial charge on any atom is -0.449 e. The summed E-state index contributed by atoms with van der Waals surface area (Å²) in [6.45, 7) is 2.90. The third-order valence-corrected chi connectivity index (χ3v) is 2.89. The van der Waals surface area contributed by atoms with Crippen molar-refractivity contribution in [1.29, 1.82) is 0 Å². The number of carbonyl (C=O) groups is 1. The Morgan fingerprint density at radius 1 is 1.50 bits per heavy atom. The molecule has 0 aliphatic carbocycles. The molecule has 1 atom stereocenters. The van der Waals surface area contributed by atoms with Gasteiger partial charge in [0, 0.05) is 13.0 Å². The summed E-state index contributed by atoms with van der Waals surface area (Å²) in [5, 5.41) is 0. The van der Waals surface area contributed by atoms with Gasteiger partial charge in [0.15, 0.2) is 0 Å². The van der Waals surface area contributed by atoms with Crippen molar-refractivity contribution in [3.63, 3.8) is 0 Å². The maximum Gasteiger partial charge on any atom is 0.414 e. The molecule has 0 spiro atoms. The lowest BCUT2D eigenvalue weighted by Crippen LogP contribution is -2.49. The molecule has 4 nitrogen and oxygen atoms in total. The van der Waals surface area contributed by atoms with Gasteiger partial charge in [-0.15, -0.1) is 0 Å². The van der Waals surface area contributed by atoms with Gasteiger partial charge in [0.25, 0.3) is 0 Å². The van der Waals surface area contributed by atoms with E-state index in [-0.39, 0.29) is 12.1 Å². The minimum absolute atomic E-state index is 0.0438. The van der Waals surface area contributed by atoms with E-state index in [0.717, 1.165) is 17.7 Å². The highest BCUT2D eigenvalue weighted by atomic mass is 16.6. The number of nitrogens with zero attached hydrogens (tertiary/aromatic N) is 1. The molecule has 1 fully saturated rings. The fourth-order valence-electron chi connectivity index (χ4n) is 1.98. The number of ether oxygens (including phenoxy) is 1. The predicted octanol–water partition coefficient (Wildman–Crippen LogP) is 1.67. The third kappa shape index (κ3) is 1.88. The number of rotatable bonds is 2. The summed E-state index contributed by atoms with van der Waals surface area (Å²) >= 11 is 0. The van der Waals surface area contributed by atoms with Gasteiger partial charge in [0.05, 0.1) is 18.3 Å². The van der Waals surface area contributed by atoms with Crippen LogP contribution < -0.4 is 10.6 Å². The Balaban J connectivity index is 2.36. The monoisotopic (exact) mass is 220 g/mol. The van der Waals surface area contributed by atoms with Crippen LogP contribution in [-0.4, -0.2) is 25.3 Å². The lowest BCUT2D eigenvalue weighted by atomic mass is 10.1. The molecule has 2 N–H and O–H groups in total. The Bertz CT molecular complexity index is 392. The van der Waals surface area contributed by atoms with Crippen molar-refractivity contribution >= 4 is 11.8 Å².